The van der Waals surface area contributed by atoms with E-state index in [0.29, 0.717) is 11.7 Å². The number of furan rings is 1. The van der Waals surface area contributed by atoms with Gasteiger partial charge < -0.3 is 24.3 Å². The third-order valence-corrected chi connectivity index (χ3v) is 5.93. The van der Waals surface area contributed by atoms with Gasteiger partial charge in [0, 0.05) is 23.8 Å². The molecule has 0 unspecified atom stereocenters. The van der Waals surface area contributed by atoms with Crippen molar-refractivity contribution in [3.05, 3.63) is 108 Å². The number of aromatic carboxylic acids is 1. The summed E-state index contributed by atoms with van der Waals surface area (Å²) in [6, 6.07) is 20.2. The molecular weight excluding hydrogens is 424 g/mol. The fourth-order valence-electron chi connectivity index (χ4n) is 4.10. The molecule has 0 bridgehead atoms. The van der Waals surface area contributed by atoms with Crippen LogP contribution in [0, 0.1) is 0 Å². The van der Waals surface area contributed by atoms with Crippen LogP contribution in [0.5, 0.6) is 0 Å². The van der Waals surface area contributed by atoms with Crippen LogP contribution in [-0.4, -0.2) is 30.6 Å². The lowest BCUT2D eigenvalue weighted by Gasteiger charge is -2.28. The summed E-state index contributed by atoms with van der Waals surface area (Å²) in [5.74, 6) is -0.140. The minimum Gasteiger partial charge on any atom is -0.478 e. The number of carboxylic acid groups (broad SMARTS) is 1. The number of nitrogens with zero attached hydrogens (tertiary/aromatic N) is 3. The Morgan fingerprint density at radius 3 is 2.62 bits per heavy atom. The molecular formula is C24H20N4O3S. The molecule has 32 heavy (non-hydrogen) atoms. The topological polar surface area (TPSA) is 83.5 Å². The van der Waals surface area contributed by atoms with Crippen LogP contribution in [0.15, 0.2) is 89.8 Å². The summed E-state index contributed by atoms with van der Waals surface area (Å²) in [6.07, 6.45) is 5.39. The molecule has 1 aliphatic rings. The highest BCUT2D eigenvalue weighted by atomic mass is 32.1. The molecule has 7 nitrogen and oxygen atoms in total. The Morgan fingerprint density at radius 1 is 1.09 bits per heavy atom. The number of hydrogen-bond donors (Lipinski definition) is 2. The molecule has 1 aliphatic heterocycles. The fraction of sp³-hybridized carbons (Fsp3) is 0.125. The van der Waals surface area contributed by atoms with Crippen molar-refractivity contribution in [2.45, 2.75) is 18.6 Å². The highest BCUT2D eigenvalue weighted by molar-refractivity contribution is 7.80. The minimum atomic E-state index is -0.950. The Hall–Kier alpha value is -3.91. The second-order valence-corrected chi connectivity index (χ2v) is 7.88. The average Bonchev–Trinajstić information content (AvgIpc) is 3.56. The lowest BCUT2D eigenvalue weighted by Crippen LogP contribution is -2.29. The van der Waals surface area contributed by atoms with Crippen LogP contribution in [0.25, 0.3) is 5.69 Å². The van der Waals surface area contributed by atoms with E-state index in [9.17, 15) is 9.90 Å². The smallest absolute Gasteiger partial charge is 0.335 e. The molecule has 8 heteroatoms. The highest BCUT2D eigenvalue weighted by Crippen LogP contribution is 2.40. The molecule has 0 spiro atoms. The molecule has 2 atom stereocenters. The molecule has 5 rings (SSSR count). The summed E-state index contributed by atoms with van der Waals surface area (Å²) >= 11 is 5.72. The number of benzene rings is 1. The summed E-state index contributed by atoms with van der Waals surface area (Å²) in [4.78, 5) is 17.9. The average molecular weight is 445 g/mol. The minimum absolute atomic E-state index is 0.156. The zero-order valence-corrected chi connectivity index (χ0v) is 17.8. The molecule has 0 radical (unpaired) electrons. The Balaban J connectivity index is 1.58. The van der Waals surface area contributed by atoms with Gasteiger partial charge in [0.05, 0.1) is 36.1 Å². The van der Waals surface area contributed by atoms with E-state index in [-0.39, 0.29) is 17.6 Å². The molecule has 0 aliphatic carbocycles. The van der Waals surface area contributed by atoms with E-state index in [1.165, 1.54) is 0 Å². The third kappa shape index (κ3) is 3.65. The lowest BCUT2D eigenvalue weighted by atomic mass is 10.0. The lowest BCUT2D eigenvalue weighted by molar-refractivity contribution is 0.0697. The summed E-state index contributed by atoms with van der Waals surface area (Å²) in [5.41, 5.74) is 3.00. The van der Waals surface area contributed by atoms with Gasteiger partial charge in [-0.05, 0) is 72.9 Å². The Kier molecular flexibility index (Phi) is 5.20. The van der Waals surface area contributed by atoms with Crippen LogP contribution in [0.2, 0.25) is 0 Å². The fourth-order valence-corrected chi connectivity index (χ4v) is 4.41. The Morgan fingerprint density at radius 2 is 1.94 bits per heavy atom. The number of rotatable bonds is 6. The van der Waals surface area contributed by atoms with Gasteiger partial charge in [0.1, 0.15) is 5.76 Å². The normalized spacial score (nSPS) is 18.0. The second-order valence-electron chi connectivity index (χ2n) is 7.49. The number of thiocarbonyl (C=S) groups is 1. The van der Waals surface area contributed by atoms with Gasteiger partial charge in [-0.15, -0.1) is 0 Å². The van der Waals surface area contributed by atoms with Crippen molar-refractivity contribution in [3.63, 3.8) is 0 Å². The van der Waals surface area contributed by atoms with Gasteiger partial charge in [-0.3, -0.25) is 4.98 Å². The predicted molar refractivity (Wildman–Crippen MR) is 122 cm³/mol. The van der Waals surface area contributed by atoms with Crippen LogP contribution in [0.4, 0.5) is 0 Å². The van der Waals surface area contributed by atoms with Crippen molar-refractivity contribution in [1.82, 2.24) is 19.8 Å². The predicted octanol–water partition coefficient (Wildman–Crippen LogP) is 4.34. The maximum absolute atomic E-state index is 11.3. The summed E-state index contributed by atoms with van der Waals surface area (Å²) < 4.78 is 7.65. The SMILES string of the molecule is O=C(O)c1ccc(-n2cccc2[C@@H]2[C@@H](c3ccccn3)NC(=S)N2Cc2ccco2)cc1. The third-order valence-electron chi connectivity index (χ3n) is 5.58. The van der Waals surface area contributed by atoms with Crippen LogP contribution >= 0.6 is 12.2 Å². The van der Waals surface area contributed by atoms with Crippen LogP contribution < -0.4 is 5.32 Å². The van der Waals surface area contributed by atoms with E-state index in [2.05, 4.69) is 25.8 Å². The molecule has 160 valence electrons. The van der Waals surface area contributed by atoms with E-state index >= 15 is 0 Å². The van der Waals surface area contributed by atoms with E-state index in [4.69, 9.17) is 16.6 Å². The zero-order chi connectivity index (χ0) is 22.1. The number of hydrogen-bond acceptors (Lipinski definition) is 4. The summed E-state index contributed by atoms with van der Waals surface area (Å²) in [6.45, 7) is 0.510. The van der Waals surface area contributed by atoms with E-state index in [0.717, 1.165) is 22.8 Å². The van der Waals surface area contributed by atoms with Crippen LogP contribution in [0.1, 0.15) is 39.6 Å². The number of carbonyl (C=O) groups is 1. The molecule has 4 heterocycles. The molecule has 4 aromatic rings. The monoisotopic (exact) mass is 444 g/mol. The second kappa shape index (κ2) is 8.32. The molecule has 1 aromatic carbocycles. The Labute approximate surface area is 189 Å². The van der Waals surface area contributed by atoms with Gasteiger partial charge in [0.15, 0.2) is 5.11 Å². The first-order valence-corrected chi connectivity index (χ1v) is 10.5. The first kappa shape index (κ1) is 20.0. The van der Waals surface area contributed by atoms with Crippen LogP contribution in [-0.2, 0) is 6.54 Å². The Bertz CT molecular complexity index is 1240. The number of pyridine rings is 1. The van der Waals surface area contributed by atoms with Crippen molar-refractivity contribution in [1.29, 1.82) is 0 Å². The van der Waals surface area contributed by atoms with E-state index < -0.39 is 5.97 Å². The molecule has 3 aromatic heterocycles. The van der Waals surface area contributed by atoms with E-state index in [1.807, 2.05) is 42.6 Å². The number of carboxylic acids is 1. The maximum atomic E-state index is 11.3. The van der Waals surface area contributed by atoms with Gasteiger partial charge in [-0.1, -0.05) is 6.07 Å². The largest absolute Gasteiger partial charge is 0.478 e. The number of aromatic nitrogens is 2. The van der Waals surface area contributed by atoms with Crippen molar-refractivity contribution < 1.29 is 14.3 Å². The van der Waals surface area contributed by atoms with Gasteiger partial charge in [0.25, 0.3) is 0 Å². The quantitative estimate of drug-likeness (QED) is 0.428. The van der Waals surface area contributed by atoms with Gasteiger partial charge >= 0.3 is 5.97 Å². The van der Waals surface area contributed by atoms with Crippen molar-refractivity contribution in [3.8, 4) is 5.69 Å². The summed E-state index contributed by atoms with van der Waals surface area (Å²) in [7, 11) is 0. The van der Waals surface area contributed by atoms with Crippen molar-refractivity contribution in [2.75, 3.05) is 0 Å². The maximum Gasteiger partial charge on any atom is 0.335 e. The van der Waals surface area contributed by atoms with Crippen molar-refractivity contribution in [2.24, 2.45) is 0 Å². The number of nitrogens with one attached hydrogen (secondary N) is 1. The molecule has 2 N–H and O–H groups in total. The highest BCUT2D eigenvalue weighted by Gasteiger charge is 2.41. The summed E-state index contributed by atoms with van der Waals surface area (Å²) in [5, 5.41) is 13.3. The van der Waals surface area contributed by atoms with Crippen LogP contribution in [0.3, 0.4) is 0 Å². The zero-order valence-electron chi connectivity index (χ0n) is 17.0. The van der Waals surface area contributed by atoms with Crippen molar-refractivity contribution >= 4 is 23.3 Å². The molecule has 0 amide bonds. The first-order chi connectivity index (χ1) is 15.6. The van der Waals surface area contributed by atoms with Gasteiger partial charge in [-0.2, -0.15) is 0 Å². The molecule has 0 saturated carbocycles. The molecule has 1 fully saturated rings. The standard InChI is InChI=1S/C24H20N4O3S/c29-23(30)16-8-10-17(11-9-16)27-13-3-7-20(27)22-21(19-6-1-2-12-25-19)26-24(32)28(22)15-18-5-4-14-31-18/h1-14,21-22H,15H2,(H,26,32)(H,29,30)/t21-,22-/m1/s1. The first-order valence-electron chi connectivity index (χ1n) is 10.1. The molecule has 1 saturated heterocycles. The van der Waals surface area contributed by atoms with E-state index in [1.54, 1.807) is 36.7 Å². The van der Waals surface area contributed by atoms with Gasteiger partial charge in [-0.25, -0.2) is 4.79 Å². The van der Waals surface area contributed by atoms with Gasteiger partial charge in [0.2, 0.25) is 0 Å².